The van der Waals surface area contributed by atoms with Gasteiger partial charge in [-0.15, -0.1) is 0 Å². The Bertz CT molecular complexity index is 636. The molecule has 2 aromatic rings. The summed E-state index contributed by atoms with van der Waals surface area (Å²) in [6.45, 7) is 4.20. The quantitative estimate of drug-likeness (QED) is 0.907. The Morgan fingerprint density at radius 2 is 2.14 bits per heavy atom. The van der Waals surface area contributed by atoms with E-state index in [9.17, 15) is 4.79 Å². The Morgan fingerprint density at radius 1 is 1.38 bits per heavy atom. The number of benzene rings is 1. The molecule has 0 unspecified atom stereocenters. The van der Waals surface area contributed by atoms with Crippen LogP contribution in [0.3, 0.4) is 0 Å². The van der Waals surface area contributed by atoms with Crippen LogP contribution in [-0.2, 0) is 17.8 Å². The third-order valence-corrected chi connectivity index (χ3v) is 3.28. The molecule has 0 radical (unpaired) electrons. The van der Waals surface area contributed by atoms with E-state index in [1.165, 1.54) is 0 Å². The predicted octanol–water partition coefficient (Wildman–Crippen LogP) is 1.63. The van der Waals surface area contributed by atoms with E-state index in [1.807, 2.05) is 32.0 Å². The molecule has 21 heavy (non-hydrogen) atoms. The van der Waals surface area contributed by atoms with Crippen LogP contribution >= 0.6 is 0 Å². The summed E-state index contributed by atoms with van der Waals surface area (Å²) in [4.78, 5) is 18.0. The van der Waals surface area contributed by atoms with E-state index in [0.717, 1.165) is 22.7 Å². The average Bonchev–Trinajstić information content (AvgIpc) is 2.86. The summed E-state index contributed by atoms with van der Waals surface area (Å²) in [6, 6.07) is 5.80. The number of aromatic nitrogens is 3. The number of aryl methyl sites for hydroxylation is 2. The van der Waals surface area contributed by atoms with Gasteiger partial charge in [0.05, 0.1) is 20.1 Å². The molecule has 112 valence electrons. The Kier molecular flexibility index (Phi) is 4.57. The topological polar surface area (TPSA) is 71.1 Å². The van der Waals surface area contributed by atoms with E-state index in [0.29, 0.717) is 18.8 Å². The lowest BCUT2D eigenvalue weighted by Gasteiger charge is -2.15. The van der Waals surface area contributed by atoms with Gasteiger partial charge in [0.15, 0.2) is 5.82 Å². The molecule has 0 fully saturated rings. The van der Waals surface area contributed by atoms with Gasteiger partial charge in [0.25, 0.3) is 0 Å². The number of rotatable bonds is 5. The first kappa shape index (κ1) is 15.0. The van der Waals surface area contributed by atoms with Crippen molar-refractivity contribution in [1.29, 1.82) is 0 Å². The summed E-state index contributed by atoms with van der Waals surface area (Å²) in [5.41, 5.74) is 1.98. The second-order valence-electron chi connectivity index (χ2n) is 5.07. The summed E-state index contributed by atoms with van der Waals surface area (Å²) < 4.78 is 5.28. The molecule has 0 saturated heterocycles. The minimum atomic E-state index is 0.0170. The maximum Gasteiger partial charge on any atom is 0.227 e. The van der Waals surface area contributed by atoms with E-state index in [1.54, 1.807) is 19.1 Å². The minimum absolute atomic E-state index is 0.0170. The van der Waals surface area contributed by atoms with Gasteiger partial charge in [0.2, 0.25) is 5.91 Å². The highest BCUT2D eigenvalue weighted by molar-refractivity contribution is 5.78. The van der Waals surface area contributed by atoms with Crippen molar-refractivity contribution in [1.82, 2.24) is 20.1 Å². The first-order valence-corrected chi connectivity index (χ1v) is 6.75. The van der Waals surface area contributed by atoms with Crippen LogP contribution in [0.5, 0.6) is 5.75 Å². The Morgan fingerprint density at radius 3 is 2.76 bits per heavy atom. The number of nitrogens with one attached hydrogen (secondary N) is 1. The Balaban J connectivity index is 2.00. The number of H-pyrrole nitrogens is 1. The number of carbonyl (C=O) groups excluding carboxylic acids is 1. The van der Waals surface area contributed by atoms with Crippen LogP contribution in [-0.4, -0.2) is 40.1 Å². The number of likely N-dealkylation sites (N-methyl/N-ethyl adjacent to an activating group) is 1. The van der Waals surface area contributed by atoms with Gasteiger partial charge in [0.1, 0.15) is 11.6 Å². The van der Waals surface area contributed by atoms with Gasteiger partial charge in [-0.3, -0.25) is 9.89 Å². The van der Waals surface area contributed by atoms with Crippen LogP contribution in [0.4, 0.5) is 0 Å². The molecule has 1 aromatic carbocycles. The van der Waals surface area contributed by atoms with Gasteiger partial charge in [-0.2, -0.15) is 5.10 Å². The summed E-state index contributed by atoms with van der Waals surface area (Å²) >= 11 is 0. The van der Waals surface area contributed by atoms with Crippen LogP contribution < -0.4 is 4.74 Å². The maximum atomic E-state index is 12.2. The van der Waals surface area contributed by atoms with Crippen molar-refractivity contribution in [3.8, 4) is 5.75 Å². The molecule has 6 heteroatoms. The van der Waals surface area contributed by atoms with Gasteiger partial charge in [-0.1, -0.05) is 12.1 Å². The lowest BCUT2D eigenvalue weighted by molar-refractivity contribution is -0.129. The van der Waals surface area contributed by atoms with Crippen LogP contribution in [0.15, 0.2) is 18.2 Å². The third-order valence-electron chi connectivity index (χ3n) is 3.28. The maximum absolute atomic E-state index is 12.2. The van der Waals surface area contributed by atoms with Gasteiger partial charge < -0.3 is 9.64 Å². The molecule has 1 N–H and O–H groups in total. The fraction of sp³-hybridized carbons (Fsp3) is 0.400. The van der Waals surface area contributed by atoms with Gasteiger partial charge in [-0.05, 0) is 31.0 Å². The monoisotopic (exact) mass is 288 g/mol. The number of methoxy groups -OCH3 is 1. The fourth-order valence-electron chi connectivity index (χ4n) is 2.04. The Labute approximate surface area is 124 Å². The van der Waals surface area contributed by atoms with Crippen molar-refractivity contribution in [2.24, 2.45) is 0 Å². The fourth-order valence-corrected chi connectivity index (χ4v) is 2.04. The van der Waals surface area contributed by atoms with E-state index >= 15 is 0 Å². The molecule has 0 atom stereocenters. The molecule has 0 saturated carbocycles. The molecule has 0 aliphatic carbocycles. The zero-order valence-corrected chi connectivity index (χ0v) is 12.8. The van der Waals surface area contributed by atoms with Crippen molar-refractivity contribution in [3.05, 3.63) is 41.0 Å². The number of hydrogen-bond donors (Lipinski definition) is 1. The lowest BCUT2D eigenvalue weighted by Crippen LogP contribution is -2.28. The summed E-state index contributed by atoms with van der Waals surface area (Å²) in [6.07, 6.45) is 0.330. The standard InChI is InChI=1S/C15H20N4O2/c1-10-5-6-12(7-13(10)21-4)8-15(20)19(3)9-14-16-11(2)17-18-14/h5-7H,8-9H2,1-4H3,(H,16,17,18). The summed E-state index contributed by atoms with van der Waals surface area (Å²) in [5, 5.41) is 6.80. The van der Waals surface area contributed by atoms with Crippen molar-refractivity contribution < 1.29 is 9.53 Å². The number of nitrogens with zero attached hydrogens (tertiary/aromatic N) is 3. The SMILES string of the molecule is COc1cc(CC(=O)N(C)Cc2n[nH]c(C)n2)ccc1C. The number of carbonyl (C=O) groups is 1. The lowest BCUT2D eigenvalue weighted by atomic mass is 10.1. The number of amides is 1. The van der Waals surface area contributed by atoms with Gasteiger partial charge >= 0.3 is 0 Å². The summed E-state index contributed by atoms with van der Waals surface area (Å²) in [5.74, 6) is 2.18. The largest absolute Gasteiger partial charge is 0.496 e. The molecular weight excluding hydrogens is 268 g/mol. The van der Waals surface area contributed by atoms with Crippen molar-refractivity contribution in [2.45, 2.75) is 26.8 Å². The van der Waals surface area contributed by atoms with E-state index in [4.69, 9.17) is 4.74 Å². The molecular formula is C15H20N4O2. The van der Waals surface area contributed by atoms with Gasteiger partial charge in [-0.25, -0.2) is 4.98 Å². The zero-order valence-electron chi connectivity index (χ0n) is 12.8. The Hall–Kier alpha value is -2.37. The molecule has 6 nitrogen and oxygen atoms in total. The highest BCUT2D eigenvalue weighted by Crippen LogP contribution is 2.19. The third kappa shape index (κ3) is 3.81. The molecule has 0 bridgehead atoms. The first-order valence-electron chi connectivity index (χ1n) is 6.75. The van der Waals surface area contributed by atoms with E-state index in [-0.39, 0.29) is 5.91 Å². The van der Waals surface area contributed by atoms with E-state index < -0.39 is 0 Å². The molecule has 1 heterocycles. The molecule has 0 aliphatic rings. The zero-order chi connectivity index (χ0) is 15.4. The highest BCUT2D eigenvalue weighted by atomic mass is 16.5. The molecule has 0 aliphatic heterocycles. The van der Waals surface area contributed by atoms with Crippen LogP contribution in [0.25, 0.3) is 0 Å². The molecule has 1 aromatic heterocycles. The highest BCUT2D eigenvalue weighted by Gasteiger charge is 2.13. The number of hydrogen-bond acceptors (Lipinski definition) is 4. The summed E-state index contributed by atoms with van der Waals surface area (Å²) in [7, 11) is 3.38. The van der Waals surface area contributed by atoms with Crippen molar-refractivity contribution in [3.63, 3.8) is 0 Å². The minimum Gasteiger partial charge on any atom is -0.496 e. The second-order valence-corrected chi connectivity index (χ2v) is 5.07. The van der Waals surface area contributed by atoms with Crippen LogP contribution in [0.2, 0.25) is 0 Å². The number of aromatic amines is 1. The molecule has 2 rings (SSSR count). The predicted molar refractivity (Wildman–Crippen MR) is 79.0 cm³/mol. The molecule has 1 amide bonds. The smallest absolute Gasteiger partial charge is 0.227 e. The normalized spacial score (nSPS) is 10.5. The van der Waals surface area contributed by atoms with Crippen LogP contribution in [0.1, 0.15) is 22.8 Å². The van der Waals surface area contributed by atoms with E-state index in [2.05, 4.69) is 15.2 Å². The second kappa shape index (κ2) is 6.39. The molecule has 0 spiro atoms. The average molecular weight is 288 g/mol. The number of ether oxygens (including phenoxy) is 1. The first-order chi connectivity index (χ1) is 9.99. The van der Waals surface area contributed by atoms with Crippen molar-refractivity contribution in [2.75, 3.05) is 14.2 Å². The van der Waals surface area contributed by atoms with Gasteiger partial charge in [0, 0.05) is 7.05 Å². The van der Waals surface area contributed by atoms with Crippen LogP contribution in [0, 0.1) is 13.8 Å². The van der Waals surface area contributed by atoms with Crippen molar-refractivity contribution >= 4 is 5.91 Å².